The average Bonchev–Trinajstić information content (AvgIpc) is 2.68. The van der Waals surface area contributed by atoms with Gasteiger partial charge < -0.3 is 9.80 Å². The van der Waals surface area contributed by atoms with Gasteiger partial charge in [-0.1, -0.05) is 12.1 Å². The molecule has 0 aliphatic carbocycles. The first-order chi connectivity index (χ1) is 14.0. The summed E-state index contributed by atoms with van der Waals surface area (Å²) in [7, 11) is 3.48. The van der Waals surface area contributed by atoms with Crippen LogP contribution in [0.1, 0.15) is 39.5 Å². The molecule has 2 aromatic carbocycles. The van der Waals surface area contributed by atoms with Crippen LogP contribution in [-0.4, -0.2) is 42.7 Å². The highest BCUT2D eigenvalue weighted by atomic mass is 32.1. The van der Waals surface area contributed by atoms with Crippen molar-refractivity contribution in [2.45, 2.75) is 38.4 Å². The highest BCUT2D eigenvalue weighted by Crippen LogP contribution is 2.35. The summed E-state index contributed by atoms with van der Waals surface area (Å²) in [5, 5.41) is 0. The van der Waals surface area contributed by atoms with Crippen molar-refractivity contribution in [3.63, 3.8) is 0 Å². The van der Waals surface area contributed by atoms with Crippen LogP contribution in [0.3, 0.4) is 0 Å². The van der Waals surface area contributed by atoms with Crippen LogP contribution in [0.5, 0.6) is 0 Å². The lowest BCUT2D eigenvalue weighted by atomic mass is 10.0. The maximum Gasteiger partial charge on any atom is 0.417 e. The number of amides is 1. The van der Waals surface area contributed by atoms with Gasteiger partial charge in [0.15, 0.2) is 0 Å². The second kappa shape index (κ2) is 9.55. The molecule has 0 saturated heterocycles. The zero-order chi connectivity index (χ0) is 22.6. The number of benzene rings is 2. The van der Waals surface area contributed by atoms with E-state index in [4.69, 9.17) is 0 Å². The van der Waals surface area contributed by atoms with Gasteiger partial charge in [-0.3, -0.25) is 4.79 Å². The Kier molecular flexibility index (Phi) is 7.58. The van der Waals surface area contributed by atoms with Crippen LogP contribution in [0.15, 0.2) is 40.2 Å². The topological polar surface area (TPSA) is 35.9 Å². The molecule has 30 heavy (non-hydrogen) atoms. The Bertz CT molecular complexity index is 957. The SMILES string of the molecule is CCN(C)C=Nc1cc(C)c(C(=O)N(C)Cc2cccc(C(F)(F)F)c2S)cc1C. The van der Waals surface area contributed by atoms with Crippen molar-refractivity contribution < 1.29 is 18.0 Å². The molecule has 0 aromatic heterocycles. The van der Waals surface area contributed by atoms with E-state index in [0.29, 0.717) is 11.1 Å². The van der Waals surface area contributed by atoms with Crippen LogP contribution in [0, 0.1) is 13.8 Å². The number of nitrogens with zero attached hydrogens (tertiary/aromatic N) is 3. The Morgan fingerprint density at radius 1 is 1.17 bits per heavy atom. The Morgan fingerprint density at radius 2 is 1.83 bits per heavy atom. The van der Waals surface area contributed by atoms with E-state index >= 15 is 0 Å². The van der Waals surface area contributed by atoms with Crippen LogP contribution in [0.4, 0.5) is 18.9 Å². The zero-order valence-corrected chi connectivity index (χ0v) is 18.6. The second-order valence-electron chi connectivity index (χ2n) is 7.24. The normalized spacial score (nSPS) is 11.8. The molecule has 8 heteroatoms. The van der Waals surface area contributed by atoms with Gasteiger partial charge in [-0.25, -0.2) is 4.99 Å². The fraction of sp³-hybridized carbons (Fsp3) is 0.364. The molecular weight excluding hydrogens is 411 g/mol. The highest BCUT2D eigenvalue weighted by Gasteiger charge is 2.33. The number of thiol groups is 1. The maximum absolute atomic E-state index is 13.1. The monoisotopic (exact) mass is 437 g/mol. The zero-order valence-electron chi connectivity index (χ0n) is 17.7. The van der Waals surface area contributed by atoms with Crippen LogP contribution in [0.25, 0.3) is 0 Å². The summed E-state index contributed by atoms with van der Waals surface area (Å²) in [5.41, 5.74) is 2.37. The minimum absolute atomic E-state index is 0.0152. The number of carbonyl (C=O) groups is 1. The number of aryl methyl sites for hydroxylation is 2. The quantitative estimate of drug-likeness (QED) is 0.368. The third-order valence-electron chi connectivity index (χ3n) is 4.85. The third-order valence-corrected chi connectivity index (χ3v) is 5.37. The van der Waals surface area contributed by atoms with Crippen molar-refractivity contribution >= 4 is 30.6 Å². The Hall–Kier alpha value is -2.48. The highest BCUT2D eigenvalue weighted by molar-refractivity contribution is 7.80. The standard InChI is InChI=1S/C22H26F3N3OS/c1-6-27(4)13-26-19-11-14(2)17(10-15(19)3)21(29)28(5)12-16-8-7-9-18(20(16)30)22(23,24)25/h7-11,13,30H,6,12H2,1-5H3. The fourth-order valence-corrected chi connectivity index (χ4v) is 3.24. The van der Waals surface area contributed by atoms with E-state index in [1.54, 1.807) is 25.5 Å². The summed E-state index contributed by atoms with van der Waals surface area (Å²) in [5.74, 6) is -0.276. The number of aliphatic imine (C=N–C) groups is 1. The number of halogens is 3. The molecule has 2 rings (SSSR count). The molecule has 1 amide bonds. The van der Waals surface area contributed by atoms with Gasteiger partial charge in [0.25, 0.3) is 5.91 Å². The Morgan fingerprint density at radius 3 is 2.43 bits per heavy atom. The number of hydrogen-bond acceptors (Lipinski definition) is 3. The van der Waals surface area contributed by atoms with Crippen molar-refractivity contribution in [3.8, 4) is 0 Å². The predicted molar refractivity (Wildman–Crippen MR) is 117 cm³/mol. The molecule has 0 unspecified atom stereocenters. The minimum Gasteiger partial charge on any atom is -0.366 e. The molecule has 0 saturated carbocycles. The summed E-state index contributed by atoms with van der Waals surface area (Å²) in [6.45, 7) is 6.54. The minimum atomic E-state index is -4.49. The molecule has 4 nitrogen and oxygen atoms in total. The molecule has 0 radical (unpaired) electrons. The van der Waals surface area contributed by atoms with Crippen molar-refractivity contribution in [2.75, 3.05) is 20.6 Å². The summed E-state index contributed by atoms with van der Waals surface area (Å²) in [4.78, 5) is 20.6. The largest absolute Gasteiger partial charge is 0.417 e. The van der Waals surface area contributed by atoms with E-state index in [-0.39, 0.29) is 17.3 Å². The van der Waals surface area contributed by atoms with Crippen LogP contribution < -0.4 is 0 Å². The summed E-state index contributed by atoms with van der Waals surface area (Å²) in [6.07, 6.45) is -2.76. The number of carbonyl (C=O) groups excluding carboxylic acids is 1. The fourth-order valence-electron chi connectivity index (χ4n) is 2.89. The van der Waals surface area contributed by atoms with Crippen LogP contribution in [-0.2, 0) is 12.7 Å². The van der Waals surface area contributed by atoms with E-state index in [1.165, 1.54) is 11.0 Å². The average molecular weight is 438 g/mol. The lowest BCUT2D eigenvalue weighted by molar-refractivity contribution is -0.139. The van der Waals surface area contributed by atoms with Gasteiger partial charge in [0.05, 0.1) is 17.6 Å². The van der Waals surface area contributed by atoms with Crippen molar-refractivity contribution in [2.24, 2.45) is 4.99 Å². The van der Waals surface area contributed by atoms with E-state index in [0.717, 1.165) is 29.4 Å². The van der Waals surface area contributed by atoms with Gasteiger partial charge in [0.1, 0.15) is 0 Å². The number of hydrogen-bond donors (Lipinski definition) is 1. The van der Waals surface area contributed by atoms with Gasteiger partial charge in [0, 0.05) is 37.6 Å². The van der Waals surface area contributed by atoms with E-state index < -0.39 is 11.7 Å². The van der Waals surface area contributed by atoms with Gasteiger partial charge >= 0.3 is 6.18 Å². The van der Waals surface area contributed by atoms with Gasteiger partial charge in [0.2, 0.25) is 0 Å². The first kappa shape index (κ1) is 23.8. The molecule has 0 spiro atoms. The molecular formula is C22H26F3N3OS. The van der Waals surface area contributed by atoms with Gasteiger partial charge in [-0.15, -0.1) is 12.6 Å². The predicted octanol–water partition coefficient (Wildman–Crippen LogP) is 5.49. The summed E-state index contributed by atoms with van der Waals surface area (Å²) >= 11 is 4.06. The van der Waals surface area contributed by atoms with Crippen molar-refractivity contribution in [1.82, 2.24) is 9.80 Å². The molecule has 0 fully saturated rings. The molecule has 162 valence electrons. The van der Waals surface area contributed by atoms with Crippen LogP contribution in [0.2, 0.25) is 0 Å². The van der Waals surface area contributed by atoms with E-state index in [2.05, 4.69) is 17.6 Å². The number of rotatable bonds is 6. The molecule has 0 heterocycles. The lowest BCUT2D eigenvalue weighted by Gasteiger charge is -2.21. The molecule has 2 aromatic rings. The van der Waals surface area contributed by atoms with Gasteiger partial charge in [-0.05, 0) is 55.7 Å². The van der Waals surface area contributed by atoms with E-state index in [9.17, 15) is 18.0 Å². The first-order valence-corrected chi connectivity index (χ1v) is 9.89. The van der Waals surface area contributed by atoms with Crippen molar-refractivity contribution in [3.05, 3.63) is 58.1 Å². The third kappa shape index (κ3) is 5.56. The molecule has 0 aliphatic heterocycles. The summed E-state index contributed by atoms with van der Waals surface area (Å²) < 4.78 is 39.3. The summed E-state index contributed by atoms with van der Waals surface area (Å²) in [6, 6.07) is 7.45. The van der Waals surface area contributed by atoms with Crippen LogP contribution >= 0.6 is 12.6 Å². The smallest absolute Gasteiger partial charge is 0.366 e. The maximum atomic E-state index is 13.1. The molecule has 0 bridgehead atoms. The lowest BCUT2D eigenvalue weighted by Crippen LogP contribution is -2.27. The molecule has 0 aliphatic rings. The molecule has 0 N–H and O–H groups in total. The number of alkyl halides is 3. The first-order valence-electron chi connectivity index (χ1n) is 9.44. The van der Waals surface area contributed by atoms with Crippen molar-refractivity contribution in [1.29, 1.82) is 0 Å². The van der Waals surface area contributed by atoms with E-state index in [1.807, 2.05) is 38.8 Å². The second-order valence-corrected chi connectivity index (χ2v) is 7.69. The Labute approximate surface area is 180 Å². The Balaban J connectivity index is 2.27. The van der Waals surface area contributed by atoms with Gasteiger partial charge in [-0.2, -0.15) is 13.2 Å². The molecule has 0 atom stereocenters.